The van der Waals surface area contributed by atoms with E-state index in [-0.39, 0.29) is 37.1 Å². The van der Waals surface area contributed by atoms with Gasteiger partial charge in [-0.25, -0.2) is 21.9 Å². The van der Waals surface area contributed by atoms with Crippen molar-refractivity contribution in [3.8, 4) is 0 Å². The summed E-state index contributed by atoms with van der Waals surface area (Å²) >= 11 is 0. The first kappa shape index (κ1) is 22.0. The molecule has 1 aliphatic heterocycles. The molecule has 1 atom stereocenters. The summed E-state index contributed by atoms with van der Waals surface area (Å²) in [4.78, 5) is 5.54. The molecule has 1 aromatic carbocycles. The van der Waals surface area contributed by atoms with Crippen LogP contribution >= 0.6 is 24.0 Å². The number of guanidine groups is 1. The number of sulfonamides is 1. The normalized spacial score (nSPS) is 18.8. The number of piperidine rings is 1. The molecule has 1 heterocycles. The zero-order valence-corrected chi connectivity index (χ0v) is 17.1. The van der Waals surface area contributed by atoms with Gasteiger partial charge in [0.25, 0.3) is 0 Å². The van der Waals surface area contributed by atoms with Crippen molar-refractivity contribution < 1.29 is 17.2 Å². The Balaban J connectivity index is 0.00000312. The first-order valence-electron chi connectivity index (χ1n) is 7.79. The van der Waals surface area contributed by atoms with Crippen molar-refractivity contribution in [1.29, 1.82) is 0 Å². The lowest BCUT2D eigenvalue weighted by atomic mass is 10.0. The molecular weight excluding hydrogens is 465 g/mol. The van der Waals surface area contributed by atoms with Crippen molar-refractivity contribution in [2.75, 3.05) is 26.2 Å². The van der Waals surface area contributed by atoms with E-state index in [2.05, 4.69) is 16.6 Å². The second kappa shape index (κ2) is 9.62. The summed E-state index contributed by atoms with van der Waals surface area (Å²) < 4.78 is 52.6. The molecule has 0 saturated carbocycles. The number of hydrogen-bond acceptors (Lipinski definition) is 3. The largest absolute Gasteiger partial charge is 0.370 e. The first-order chi connectivity index (χ1) is 11.3. The van der Waals surface area contributed by atoms with Crippen molar-refractivity contribution in [2.45, 2.75) is 24.7 Å². The molecule has 6 nitrogen and oxygen atoms in total. The topological polar surface area (TPSA) is 87.8 Å². The van der Waals surface area contributed by atoms with Gasteiger partial charge < -0.3 is 10.6 Å². The molecule has 0 amide bonds. The number of nitrogens with two attached hydrogens (primary N) is 1. The molecule has 142 valence electrons. The molecule has 0 spiro atoms. The summed E-state index contributed by atoms with van der Waals surface area (Å²) in [5.74, 6) is -1.03. The van der Waals surface area contributed by atoms with Gasteiger partial charge in [0.05, 0.1) is 6.54 Å². The molecule has 25 heavy (non-hydrogen) atoms. The van der Waals surface area contributed by atoms with Crippen LogP contribution in [-0.2, 0) is 10.0 Å². The van der Waals surface area contributed by atoms with Gasteiger partial charge in [0.2, 0.25) is 10.0 Å². The van der Waals surface area contributed by atoms with Crippen LogP contribution in [0.2, 0.25) is 0 Å². The zero-order valence-electron chi connectivity index (χ0n) is 13.9. The molecule has 0 aromatic heterocycles. The SMILES string of the molecule is CC1CCCN(C(N)=NCCNS(=O)(=O)c2ccc(F)cc2F)C1.I. The molecule has 3 N–H and O–H groups in total. The number of benzene rings is 1. The van der Waals surface area contributed by atoms with E-state index < -0.39 is 26.6 Å². The van der Waals surface area contributed by atoms with E-state index in [1.54, 1.807) is 0 Å². The van der Waals surface area contributed by atoms with Gasteiger partial charge in [0, 0.05) is 25.7 Å². The lowest BCUT2D eigenvalue weighted by molar-refractivity contribution is 0.270. The quantitative estimate of drug-likeness (QED) is 0.287. The lowest BCUT2D eigenvalue weighted by Crippen LogP contribution is -2.43. The monoisotopic (exact) mass is 488 g/mol. The summed E-state index contributed by atoms with van der Waals surface area (Å²) in [5.41, 5.74) is 5.91. The van der Waals surface area contributed by atoms with Crippen molar-refractivity contribution in [3.63, 3.8) is 0 Å². The smallest absolute Gasteiger partial charge is 0.243 e. The molecule has 1 aliphatic rings. The van der Waals surface area contributed by atoms with Crippen LogP contribution in [0.3, 0.4) is 0 Å². The van der Waals surface area contributed by atoms with Crippen LogP contribution < -0.4 is 10.5 Å². The van der Waals surface area contributed by atoms with Crippen LogP contribution in [0, 0.1) is 17.6 Å². The summed E-state index contributed by atoms with van der Waals surface area (Å²) in [6, 6.07) is 2.31. The Bertz CT molecular complexity index is 715. The van der Waals surface area contributed by atoms with Gasteiger partial charge in [-0.1, -0.05) is 6.92 Å². The number of rotatable bonds is 5. The Morgan fingerprint density at radius 2 is 2.16 bits per heavy atom. The van der Waals surface area contributed by atoms with E-state index in [1.807, 2.05) is 4.90 Å². The third-order valence-corrected chi connectivity index (χ3v) is 5.34. The van der Waals surface area contributed by atoms with Crippen molar-refractivity contribution in [2.24, 2.45) is 16.6 Å². The number of halogens is 3. The molecule has 2 rings (SSSR count). The molecule has 10 heteroatoms. The summed E-state index contributed by atoms with van der Waals surface area (Å²) in [7, 11) is -4.05. The van der Waals surface area contributed by atoms with Gasteiger partial charge in [-0.3, -0.25) is 4.99 Å². The van der Waals surface area contributed by atoms with Crippen molar-refractivity contribution >= 4 is 40.0 Å². The predicted octanol–water partition coefficient (Wildman–Crippen LogP) is 1.91. The lowest BCUT2D eigenvalue weighted by Gasteiger charge is -2.31. The van der Waals surface area contributed by atoms with Crippen LogP contribution in [0.5, 0.6) is 0 Å². The fourth-order valence-corrected chi connectivity index (χ4v) is 3.70. The molecule has 1 aromatic rings. The highest BCUT2D eigenvalue weighted by Gasteiger charge is 2.19. The maximum Gasteiger partial charge on any atom is 0.243 e. The van der Waals surface area contributed by atoms with Gasteiger partial charge >= 0.3 is 0 Å². The molecule has 1 fully saturated rings. The number of aliphatic imine (C=N–C) groups is 1. The third kappa shape index (κ3) is 6.33. The van der Waals surface area contributed by atoms with Crippen molar-refractivity contribution in [3.05, 3.63) is 29.8 Å². The van der Waals surface area contributed by atoms with E-state index in [0.29, 0.717) is 17.9 Å². The molecular formula is C15H23F2IN4O2S. The average Bonchev–Trinajstić information content (AvgIpc) is 2.51. The highest BCUT2D eigenvalue weighted by molar-refractivity contribution is 14.0. The van der Waals surface area contributed by atoms with Gasteiger partial charge in [0.15, 0.2) is 5.96 Å². The standard InChI is InChI=1S/C15H22F2N4O2S.HI/c1-11-3-2-8-21(10-11)15(18)19-6-7-20-24(22,23)14-5-4-12(16)9-13(14)17;/h4-5,9,11,20H,2-3,6-8,10H2,1H3,(H2,18,19);1H. The van der Waals surface area contributed by atoms with Crippen LogP contribution in [0.25, 0.3) is 0 Å². The minimum Gasteiger partial charge on any atom is -0.370 e. The van der Waals surface area contributed by atoms with Crippen LogP contribution in [0.4, 0.5) is 8.78 Å². The Kier molecular flexibility index (Phi) is 8.48. The van der Waals surface area contributed by atoms with E-state index in [0.717, 1.165) is 38.1 Å². The predicted molar refractivity (Wildman–Crippen MR) is 103 cm³/mol. The Morgan fingerprint density at radius 1 is 1.44 bits per heavy atom. The Hall–Kier alpha value is -1.01. The number of nitrogens with zero attached hydrogens (tertiary/aromatic N) is 2. The molecule has 1 saturated heterocycles. The van der Waals surface area contributed by atoms with Crippen molar-refractivity contribution in [1.82, 2.24) is 9.62 Å². The van der Waals surface area contributed by atoms with Gasteiger partial charge in [0.1, 0.15) is 16.5 Å². The van der Waals surface area contributed by atoms with E-state index in [1.165, 1.54) is 0 Å². The van der Waals surface area contributed by atoms with E-state index in [4.69, 9.17) is 5.73 Å². The Labute approximate surface area is 163 Å². The minimum atomic E-state index is -4.05. The van der Waals surface area contributed by atoms with Gasteiger partial charge in [-0.2, -0.15) is 0 Å². The van der Waals surface area contributed by atoms with E-state index in [9.17, 15) is 17.2 Å². The fourth-order valence-electron chi connectivity index (χ4n) is 2.62. The van der Waals surface area contributed by atoms with Gasteiger partial charge in [-0.05, 0) is 30.9 Å². The van der Waals surface area contributed by atoms with Crippen LogP contribution in [-0.4, -0.2) is 45.5 Å². The maximum atomic E-state index is 13.5. The summed E-state index contributed by atoms with van der Waals surface area (Å²) in [5, 5.41) is 0. The maximum absolute atomic E-state index is 13.5. The second-order valence-electron chi connectivity index (χ2n) is 5.91. The molecule has 0 aliphatic carbocycles. The van der Waals surface area contributed by atoms with E-state index >= 15 is 0 Å². The van der Waals surface area contributed by atoms with Crippen LogP contribution in [0.1, 0.15) is 19.8 Å². The van der Waals surface area contributed by atoms with Gasteiger partial charge in [-0.15, -0.1) is 24.0 Å². The first-order valence-corrected chi connectivity index (χ1v) is 9.27. The number of hydrogen-bond donors (Lipinski definition) is 2. The zero-order chi connectivity index (χ0) is 17.7. The highest BCUT2D eigenvalue weighted by atomic mass is 127. The Morgan fingerprint density at radius 3 is 2.80 bits per heavy atom. The molecule has 1 unspecified atom stereocenters. The highest BCUT2D eigenvalue weighted by Crippen LogP contribution is 2.16. The number of likely N-dealkylation sites (tertiary alicyclic amines) is 1. The number of nitrogens with one attached hydrogen (secondary N) is 1. The van der Waals surface area contributed by atoms with Crippen LogP contribution in [0.15, 0.2) is 28.1 Å². The summed E-state index contributed by atoms with van der Waals surface area (Å²) in [6.07, 6.45) is 2.21. The molecule has 0 bridgehead atoms. The molecule has 0 radical (unpaired) electrons. The second-order valence-corrected chi connectivity index (χ2v) is 7.64. The minimum absolute atomic E-state index is 0. The average molecular weight is 488 g/mol. The summed E-state index contributed by atoms with van der Waals surface area (Å²) in [6.45, 7) is 3.93. The third-order valence-electron chi connectivity index (χ3n) is 3.84. The fraction of sp³-hybridized carbons (Fsp3) is 0.533.